The third-order valence-corrected chi connectivity index (χ3v) is 5.34. The molecule has 0 bridgehead atoms. The lowest BCUT2D eigenvalue weighted by molar-refractivity contribution is -0.118. The second-order valence-corrected chi connectivity index (χ2v) is 7.93. The number of amides is 2. The number of rotatable bonds is 9. The Labute approximate surface area is 201 Å². The first kappa shape index (κ1) is 24.1. The van der Waals surface area contributed by atoms with Crippen LogP contribution in [0.3, 0.4) is 0 Å². The number of anilines is 2. The summed E-state index contributed by atoms with van der Waals surface area (Å²) in [5.41, 5.74) is 2.31. The predicted molar refractivity (Wildman–Crippen MR) is 132 cm³/mol. The molecule has 172 valence electrons. The van der Waals surface area contributed by atoms with E-state index in [2.05, 4.69) is 26.6 Å². The molecule has 0 radical (unpaired) electrons. The van der Waals surface area contributed by atoms with Gasteiger partial charge in [-0.2, -0.15) is 0 Å². The fourth-order valence-corrected chi connectivity index (χ4v) is 3.58. The highest BCUT2D eigenvalue weighted by atomic mass is 79.9. The summed E-state index contributed by atoms with van der Waals surface area (Å²) in [6.07, 6.45) is 0.775. The van der Waals surface area contributed by atoms with Crippen LogP contribution in [0.5, 0.6) is 17.2 Å². The molecule has 3 aromatic rings. The summed E-state index contributed by atoms with van der Waals surface area (Å²) >= 11 is 3.44. The number of carbonyl (C=O) groups is 2. The number of benzene rings is 3. The summed E-state index contributed by atoms with van der Waals surface area (Å²) in [6, 6.07) is 17.7. The number of ether oxygens (including phenoxy) is 3. The normalized spacial score (nSPS) is 10.3. The van der Waals surface area contributed by atoms with Crippen molar-refractivity contribution in [2.24, 2.45) is 0 Å². The summed E-state index contributed by atoms with van der Waals surface area (Å²) in [5.74, 6) is 0.742. The standard InChI is InChI=1S/C25H25BrN2O5/c1-4-16-12-18(26)10-11-21(16)33-15-24(29)27-19-13-23(32-3)20(14-22(19)31-2)28-25(30)17-8-6-5-7-9-17/h5-14H,4,15H2,1-3H3,(H,27,29)(H,28,30). The van der Waals surface area contributed by atoms with Gasteiger partial charge in [-0.25, -0.2) is 0 Å². The Balaban J connectivity index is 1.73. The van der Waals surface area contributed by atoms with Crippen molar-refractivity contribution in [3.8, 4) is 17.2 Å². The lowest BCUT2D eigenvalue weighted by Crippen LogP contribution is -2.21. The molecule has 8 heteroatoms. The second kappa shape index (κ2) is 11.4. The molecule has 3 aromatic carbocycles. The molecule has 2 amide bonds. The van der Waals surface area contributed by atoms with Crippen LogP contribution in [0.15, 0.2) is 65.1 Å². The van der Waals surface area contributed by atoms with Crippen LogP contribution in [0.25, 0.3) is 0 Å². The van der Waals surface area contributed by atoms with Crippen LogP contribution in [0.2, 0.25) is 0 Å². The maximum atomic E-state index is 12.6. The first-order valence-corrected chi connectivity index (χ1v) is 11.1. The van der Waals surface area contributed by atoms with Gasteiger partial charge in [-0.05, 0) is 42.3 Å². The molecule has 0 aromatic heterocycles. The fraction of sp³-hybridized carbons (Fsp3) is 0.200. The average Bonchev–Trinajstić information content (AvgIpc) is 2.84. The first-order valence-electron chi connectivity index (χ1n) is 10.3. The zero-order valence-electron chi connectivity index (χ0n) is 18.6. The van der Waals surface area contributed by atoms with Crippen molar-refractivity contribution in [1.29, 1.82) is 0 Å². The minimum atomic E-state index is -0.360. The van der Waals surface area contributed by atoms with Crippen molar-refractivity contribution >= 4 is 39.1 Å². The zero-order chi connectivity index (χ0) is 23.8. The number of methoxy groups -OCH3 is 2. The van der Waals surface area contributed by atoms with E-state index < -0.39 is 0 Å². The van der Waals surface area contributed by atoms with Gasteiger partial charge < -0.3 is 24.8 Å². The lowest BCUT2D eigenvalue weighted by atomic mass is 10.1. The summed E-state index contributed by atoms with van der Waals surface area (Å²) in [4.78, 5) is 25.1. The van der Waals surface area contributed by atoms with Gasteiger partial charge in [0.25, 0.3) is 11.8 Å². The van der Waals surface area contributed by atoms with Gasteiger partial charge in [-0.15, -0.1) is 0 Å². The van der Waals surface area contributed by atoms with Crippen LogP contribution in [0.1, 0.15) is 22.8 Å². The van der Waals surface area contributed by atoms with Crippen LogP contribution in [-0.4, -0.2) is 32.6 Å². The molecule has 33 heavy (non-hydrogen) atoms. The lowest BCUT2D eigenvalue weighted by Gasteiger charge is -2.17. The summed E-state index contributed by atoms with van der Waals surface area (Å²) in [6.45, 7) is 1.84. The summed E-state index contributed by atoms with van der Waals surface area (Å²) in [5, 5.41) is 5.59. The number of nitrogens with one attached hydrogen (secondary N) is 2. The van der Waals surface area contributed by atoms with E-state index in [0.29, 0.717) is 34.2 Å². The van der Waals surface area contributed by atoms with Crippen LogP contribution < -0.4 is 24.8 Å². The van der Waals surface area contributed by atoms with E-state index in [1.54, 1.807) is 36.4 Å². The van der Waals surface area contributed by atoms with E-state index in [4.69, 9.17) is 14.2 Å². The molecule has 0 aliphatic rings. The van der Waals surface area contributed by atoms with Gasteiger partial charge in [0.2, 0.25) is 0 Å². The second-order valence-electron chi connectivity index (χ2n) is 7.02. The van der Waals surface area contributed by atoms with Crippen molar-refractivity contribution in [3.05, 3.63) is 76.3 Å². The van der Waals surface area contributed by atoms with Crippen LogP contribution in [0.4, 0.5) is 11.4 Å². The van der Waals surface area contributed by atoms with Crippen LogP contribution in [-0.2, 0) is 11.2 Å². The molecule has 0 aliphatic carbocycles. The Morgan fingerprint density at radius 3 is 2.09 bits per heavy atom. The Morgan fingerprint density at radius 1 is 0.848 bits per heavy atom. The van der Waals surface area contributed by atoms with Gasteiger partial charge in [0.15, 0.2) is 6.61 Å². The van der Waals surface area contributed by atoms with E-state index in [0.717, 1.165) is 16.5 Å². The summed E-state index contributed by atoms with van der Waals surface area (Å²) < 4.78 is 17.5. The average molecular weight is 513 g/mol. The molecule has 0 saturated heterocycles. The van der Waals surface area contributed by atoms with E-state index in [9.17, 15) is 9.59 Å². The van der Waals surface area contributed by atoms with E-state index in [1.807, 2.05) is 31.2 Å². The molecule has 0 unspecified atom stereocenters. The van der Waals surface area contributed by atoms with Crippen molar-refractivity contribution in [2.75, 3.05) is 31.5 Å². The Kier molecular flexibility index (Phi) is 8.32. The van der Waals surface area contributed by atoms with Crippen molar-refractivity contribution < 1.29 is 23.8 Å². The largest absolute Gasteiger partial charge is 0.494 e. The highest BCUT2D eigenvalue weighted by Gasteiger charge is 2.17. The maximum Gasteiger partial charge on any atom is 0.262 e. The SMILES string of the molecule is CCc1cc(Br)ccc1OCC(=O)Nc1cc(OC)c(NC(=O)c2ccccc2)cc1OC. The van der Waals surface area contributed by atoms with E-state index in [-0.39, 0.29) is 18.4 Å². The van der Waals surface area contributed by atoms with Crippen molar-refractivity contribution in [2.45, 2.75) is 13.3 Å². The molecule has 2 N–H and O–H groups in total. The molecular formula is C25H25BrN2O5. The maximum absolute atomic E-state index is 12.6. The summed E-state index contributed by atoms with van der Waals surface area (Å²) in [7, 11) is 2.96. The molecule has 0 aliphatic heterocycles. The molecule has 0 fully saturated rings. The quantitative estimate of drug-likeness (QED) is 0.406. The molecule has 0 spiro atoms. The number of aryl methyl sites for hydroxylation is 1. The van der Waals surface area contributed by atoms with Gasteiger partial charge >= 0.3 is 0 Å². The number of carbonyl (C=O) groups excluding carboxylic acids is 2. The Bertz CT molecular complexity index is 1140. The van der Waals surface area contributed by atoms with E-state index in [1.165, 1.54) is 14.2 Å². The zero-order valence-corrected chi connectivity index (χ0v) is 20.2. The van der Waals surface area contributed by atoms with Gasteiger partial charge in [0, 0.05) is 22.2 Å². The van der Waals surface area contributed by atoms with Gasteiger partial charge in [0.1, 0.15) is 17.2 Å². The van der Waals surface area contributed by atoms with Gasteiger partial charge in [0.05, 0.1) is 25.6 Å². The highest BCUT2D eigenvalue weighted by Crippen LogP contribution is 2.36. The number of halogens is 1. The van der Waals surface area contributed by atoms with Crippen molar-refractivity contribution in [1.82, 2.24) is 0 Å². The number of hydrogen-bond donors (Lipinski definition) is 2. The molecule has 0 atom stereocenters. The number of hydrogen-bond acceptors (Lipinski definition) is 5. The Morgan fingerprint density at radius 2 is 1.48 bits per heavy atom. The van der Waals surface area contributed by atoms with Crippen molar-refractivity contribution in [3.63, 3.8) is 0 Å². The molecular weight excluding hydrogens is 488 g/mol. The first-order chi connectivity index (χ1) is 15.9. The topological polar surface area (TPSA) is 85.9 Å². The monoisotopic (exact) mass is 512 g/mol. The van der Waals surface area contributed by atoms with Crippen LogP contribution >= 0.6 is 15.9 Å². The van der Waals surface area contributed by atoms with Gasteiger partial charge in [-0.3, -0.25) is 9.59 Å². The molecule has 7 nitrogen and oxygen atoms in total. The van der Waals surface area contributed by atoms with Crippen LogP contribution in [0, 0.1) is 0 Å². The minimum Gasteiger partial charge on any atom is -0.494 e. The molecule has 0 heterocycles. The molecule has 0 saturated carbocycles. The predicted octanol–water partition coefficient (Wildman–Crippen LogP) is 5.30. The molecule has 3 rings (SSSR count). The Hall–Kier alpha value is -3.52. The van der Waals surface area contributed by atoms with E-state index >= 15 is 0 Å². The third-order valence-electron chi connectivity index (χ3n) is 4.84. The fourth-order valence-electron chi connectivity index (χ4n) is 3.17. The minimum absolute atomic E-state index is 0.174. The smallest absolute Gasteiger partial charge is 0.262 e. The van der Waals surface area contributed by atoms with Gasteiger partial charge in [-0.1, -0.05) is 41.1 Å². The third kappa shape index (κ3) is 6.26. The highest BCUT2D eigenvalue weighted by molar-refractivity contribution is 9.10.